The average Bonchev–Trinajstić information content (AvgIpc) is 4.00. The van der Waals surface area contributed by atoms with Gasteiger partial charge in [-0.2, -0.15) is 0 Å². The first-order valence-corrected chi connectivity index (χ1v) is 17.4. The second kappa shape index (κ2) is 15.3. The van der Waals surface area contributed by atoms with E-state index in [2.05, 4.69) is 57.6 Å². The molecular formula is C40H40N6O5. The Labute approximate surface area is 296 Å². The molecule has 0 atom stereocenters. The number of pyridine rings is 1. The lowest BCUT2D eigenvalue weighted by atomic mass is 10.1. The molecule has 1 saturated carbocycles. The molecule has 0 spiro atoms. The summed E-state index contributed by atoms with van der Waals surface area (Å²) in [6.07, 6.45) is 5.67. The van der Waals surface area contributed by atoms with E-state index in [0.717, 1.165) is 43.5 Å². The Morgan fingerprint density at radius 2 is 1.59 bits per heavy atom. The Hall–Kier alpha value is -5.97. The molecule has 1 aliphatic carbocycles. The Morgan fingerprint density at radius 1 is 0.824 bits per heavy atom. The van der Waals surface area contributed by atoms with Crippen LogP contribution in [0, 0.1) is 6.92 Å². The van der Waals surface area contributed by atoms with Gasteiger partial charge < -0.3 is 28.6 Å². The van der Waals surface area contributed by atoms with Gasteiger partial charge in [-0.15, -0.1) is 0 Å². The van der Waals surface area contributed by atoms with Gasteiger partial charge in [0.25, 0.3) is 11.8 Å². The predicted octanol–water partition coefficient (Wildman–Crippen LogP) is 7.80. The number of aromatic nitrogens is 3. The minimum absolute atomic E-state index is 0.0962. The van der Waals surface area contributed by atoms with Gasteiger partial charge in [-0.1, -0.05) is 65.6 Å². The van der Waals surface area contributed by atoms with Crippen molar-refractivity contribution in [2.24, 2.45) is 0 Å². The number of carbonyl (C=O) groups excluding carboxylic acids is 2. The van der Waals surface area contributed by atoms with Gasteiger partial charge in [0.15, 0.2) is 28.7 Å². The summed E-state index contributed by atoms with van der Waals surface area (Å²) in [4.78, 5) is 35.2. The first-order valence-electron chi connectivity index (χ1n) is 17.4. The zero-order valence-electron chi connectivity index (χ0n) is 28.7. The monoisotopic (exact) mass is 684 g/mol. The van der Waals surface area contributed by atoms with Crippen molar-refractivity contribution in [2.75, 3.05) is 24.5 Å². The number of aryl methyl sites for hydroxylation is 1. The van der Waals surface area contributed by atoms with E-state index in [0.29, 0.717) is 53.9 Å². The number of furan rings is 1. The molecule has 4 aromatic heterocycles. The molecule has 11 heteroatoms. The minimum Gasteiger partial charge on any atom is -0.458 e. The van der Waals surface area contributed by atoms with Gasteiger partial charge in [0.05, 0.1) is 6.54 Å². The standard InChI is InChI=1S/C40H40N6O5/c1-3-45(31-15-9-10-27(2)22-31)21-20-41-39(47)34-23-38(51-43-34)29-16-18-33(42-25-29)36-19-17-32(49-36)26-46(30-13-7-8-14-30)40(48)35-24-37(50-44-35)28-11-5-4-6-12-28/h4-6,9-12,15-19,22-25,30H,3,7-8,13-14,20-21,26H2,1-2H3,(H,41,47). The molecule has 1 aliphatic rings. The Bertz CT molecular complexity index is 2080. The van der Waals surface area contributed by atoms with Gasteiger partial charge in [-0.3, -0.25) is 14.6 Å². The van der Waals surface area contributed by atoms with Crippen LogP contribution >= 0.6 is 0 Å². The lowest BCUT2D eigenvalue weighted by molar-refractivity contribution is 0.0638. The van der Waals surface area contributed by atoms with Crippen LogP contribution in [0.25, 0.3) is 34.1 Å². The highest BCUT2D eigenvalue weighted by Gasteiger charge is 2.30. The van der Waals surface area contributed by atoms with Crippen LogP contribution in [0.2, 0.25) is 0 Å². The van der Waals surface area contributed by atoms with Crippen molar-refractivity contribution < 1.29 is 23.1 Å². The van der Waals surface area contributed by atoms with Gasteiger partial charge in [0.1, 0.15) is 11.5 Å². The molecule has 1 fully saturated rings. The molecule has 0 unspecified atom stereocenters. The number of anilines is 1. The van der Waals surface area contributed by atoms with Gasteiger partial charge >= 0.3 is 0 Å². The summed E-state index contributed by atoms with van der Waals surface area (Å²) in [5.41, 5.74) is 4.96. The van der Waals surface area contributed by atoms with E-state index in [1.54, 1.807) is 18.3 Å². The molecule has 11 nitrogen and oxygen atoms in total. The number of hydrogen-bond donors (Lipinski definition) is 1. The van der Waals surface area contributed by atoms with Crippen LogP contribution in [0.3, 0.4) is 0 Å². The first-order chi connectivity index (χ1) is 24.9. The van der Waals surface area contributed by atoms with Crippen molar-refractivity contribution in [2.45, 2.75) is 52.1 Å². The quantitative estimate of drug-likeness (QED) is 0.129. The van der Waals surface area contributed by atoms with E-state index < -0.39 is 0 Å². The molecule has 0 aliphatic heterocycles. The highest BCUT2D eigenvalue weighted by Crippen LogP contribution is 2.30. The third-order valence-electron chi connectivity index (χ3n) is 9.26. The van der Waals surface area contributed by atoms with Crippen LogP contribution in [0.15, 0.2) is 111 Å². The molecule has 6 aromatic rings. The summed E-state index contributed by atoms with van der Waals surface area (Å²) >= 11 is 0. The Balaban J connectivity index is 0.975. The molecule has 7 rings (SSSR count). The van der Waals surface area contributed by atoms with E-state index in [4.69, 9.17) is 13.5 Å². The van der Waals surface area contributed by atoms with Crippen LogP contribution in [0.1, 0.15) is 64.9 Å². The molecule has 0 bridgehead atoms. The van der Waals surface area contributed by atoms with Crippen molar-refractivity contribution in [3.8, 4) is 34.1 Å². The molecule has 2 aromatic carbocycles. The maximum atomic E-state index is 13.7. The molecule has 0 saturated heterocycles. The maximum absolute atomic E-state index is 13.7. The second-order valence-electron chi connectivity index (χ2n) is 12.8. The molecule has 0 radical (unpaired) electrons. The number of carbonyl (C=O) groups is 2. The highest BCUT2D eigenvalue weighted by molar-refractivity contribution is 5.94. The number of benzene rings is 2. The lowest BCUT2D eigenvalue weighted by Gasteiger charge is -2.27. The van der Waals surface area contributed by atoms with Gasteiger partial charge in [0.2, 0.25) is 0 Å². The zero-order chi connectivity index (χ0) is 35.2. The van der Waals surface area contributed by atoms with Crippen molar-refractivity contribution in [3.05, 3.63) is 120 Å². The Kier molecular flexibility index (Phi) is 10.0. The molecule has 51 heavy (non-hydrogen) atoms. The van der Waals surface area contributed by atoms with Crippen LogP contribution in [0.4, 0.5) is 5.69 Å². The van der Waals surface area contributed by atoms with E-state index in [1.165, 1.54) is 5.56 Å². The van der Waals surface area contributed by atoms with E-state index in [-0.39, 0.29) is 29.2 Å². The summed E-state index contributed by atoms with van der Waals surface area (Å²) in [6.45, 7) is 6.43. The smallest absolute Gasteiger partial charge is 0.276 e. The van der Waals surface area contributed by atoms with Crippen LogP contribution in [-0.2, 0) is 6.54 Å². The summed E-state index contributed by atoms with van der Waals surface area (Å²) in [5.74, 6) is 1.73. The number of nitrogens with one attached hydrogen (secondary N) is 1. The van der Waals surface area contributed by atoms with Gasteiger partial charge in [0, 0.05) is 60.8 Å². The van der Waals surface area contributed by atoms with Crippen molar-refractivity contribution in [1.82, 2.24) is 25.5 Å². The summed E-state index contributed by atoms with van der Waals surface area (Å²) in [7, 11) is 0. The minimum atomic E-state index is -0.302. The Morgan fingerprint density at radius 3 is 2.33 bits per heavy atom. The summed E-state index contributed by atoms with van der Waals surface area (Å²) in [5, 5.41) is 11.0. The maximum Gasteiger partial charge on any atom is 0.276 e. The summed E-state index contributed by atoms with van der Waals surface area (Å²) in [6, 6.07) is 28.7. The van der Waals surface area contributed by atoms with Crippen LogP contribution in [-0.4, -0.2) is 57.7 Å². The highest BCUT2D eigenvalue weighted by atomic mass is 16.5. The van der Waals surface area contributed by atoms with E-state index in [9.17, 15) is 9.59 Å². The number of hydrogen-bond acceptors (Lipinski definition) is 9. The molecule has 1 N–H and O–H groups in total. The van der Waals surface area contributed by atoms with Crippen molar-refractivity contribution in [3.63, 3.8) is 0 Å². The fraction of sp³-hybridized carbons (Fsp3) is 0.275. The van der Waals surface area contributed by atoms with Crippen LogP contribution in [0.5, 0.6) is 0 Å². The molecule has 260 valence electrons. The first kappa shape index (κ1) is 33.5. The fourth-order valence-corrected chi connectivity index (χ4v) is 6.51. The van der Waals surface area contributed by atoms with Gasteiger partial charge in [-0.25, -0.2) is 0 Å². The molecular weight excluding hydrogens is 644 g/mol. The number of likely N-dealkylation sites (N-methyl/N-ethyl adjacent to an activating group) is 1. The lowest BCUT2D eigenvalue weighted by Crippen LogP contribution is -2.38. The van der Waals surface area contributed by atoms with Gasteiger partial charge in [-0.05, 0) is 68.7 Å². The number of amides is 2. The largest absolute Gasteiger partial charge is 0.458 e. The third kappa shape index (κ3) is 7.77. The van der Waals surface area contributed by atoms with E-state index >= 15 is 0 Å². The SMILES string of the molecule is CCN(CCNC(=O)c1cc(-c2ccc(-c3ccc(CN(C(=O)c4cc(-c5ccccc5)on4)C4CCCC4)o3)nc2)on1)c1cccc(C)c1. The van der Waals surface area contributed by atoms with Crippen LogP contribution < -0.4 is 10.2 Å². The summed E-state index contributed by atoms with van der Waals surface area (Å²) < 4.78 is 17.2. The molecule has 4 heterocycles. The normalized spacial score (nSPS) is 13.0. The predicted molar refractivity (Wildman–Crippen MR) is 193 cm³/mol. The van der Waals surface area contributed by atoms with Crippen molar-refractivity contribution in [1.29, 1.82) is 0 Å². The van der Waals surface area contributed by atoms with E-state index in [1.807, 2.05) is 65.6 Å². The zero-order valence-corrected chi connectivity index (χ0v) is 28.7. The number of nitrogens with zero attached hydrogens (tertiary/aromatic N) is 5. The third-order valence-corrected chi connectivity index (χ3v) is 9.26. The van der Waals surface area contributed by atoms with Crippen molar-refractivity contribution >= 4 is 17.5 Å². The fourth-order valence-electron chi connectivity index (χ4n) is 6.51. The average molecular weight is 685 g/mol. The molecule has 2 amide bonds. The number of rotatable bonds is 13. The second-order valence-corrected chi connectivity index (χ2v) is 12.8. The topological polar surface area (TPSA) is 131 Å².